The van der Waals surface area contributed by atoms with Gasteiger partial charge >= 0.3 is 0 Å². The smallest absolute Gasteiger partial charge is 0.228 e. The van der Waals surface area contributed by atoms with Crippen molar-refractivity contribution >= 4 is 11.7 Å². The topological polar surface area (TPSA) is 79.0 Å². The zero-order valence-corrected chi connectivity index (χ0v) is 8.66. The number of carbonyl (C=O) groups excluding carboxylic acids is 1. The first-order valence-corrected chi connectivity index (χ1v) is 4.77. The number of nitrogens with one attached hydrogen (secondary N) is 2. The normalized spacial score (nSPS) is 11.8. The molecule has 0 unspecified atom stereocenters. The molecule has 1 atom stereocenters. The molecule has 15 heavy (non-hydrogen) atoms. The molecule has 0 aliphatic heterocycles. The van der Waals surface area contributed by atoms with Gasteiger partial charge in [-0.3, -0.25) is 10.2 Å². The molecule has 1 aromatic carbocycles. The van der Waals surface area contributed by atoms with Gasteiger partial charge in [0.25, 0.3) is 0 Å². The summed E-state index contributed by atoms with van der Waals surface area (Å²) in [6.45, 7) is 1.90. The Labute approximate surface area is 89.0 Å². The molecule has 0 aliphatic carbocycles. The third kappa shape index (κ3) is 3.81. The number of carbonyl (C=O) groups is 1. The van der Waals surface area contributed by atoms with E-state index in [0.717, 1.165) is 5.56 Å². The Morgan fingerprint density at radius 2 is 2.07 bits per heavy atom. The molecule has 0 fully saturated rings. The fourth-order valence-electron chi connectivity index (χ4n) is 1.29. The molecule has 0 aromatic heterocycles. The summed E-state index contributed by atoms with van der Waals surface area (Å²) < 4.78 is 0. The van der Waals surface area contributed by atoms with E-state index in [1.165, 1.54) is 0 Å². The van der Waals surface area contributed by atoms with Crippen molar-refractivity contribution in [2.24, 2.45) is 5.73 Å². The number of hydrogen-bond acceptors (Lipinski definition) is 2. The van der Waals surface area contributed by atoms with Gasteiger partial charge in [-0.15, -0.1) is 0 Å². The van der Waals surface area contributed by atoms with Gasteiger partial charge in [-0.1, -0.05) is 30.3 Å². The van der Waals surface area contributed by atoms with Crippen LogP contribution in [0.15, 0.2) is 30.3 Å². The number of nitrogens with two attached hydrogens (primary N) is 1. The van der Waals surface area contributed by atoms with Crippen molar-refractivity contribution in [1.82, 2.24) is 5.32 Å². The van der Waals surface area contributed by atoms with Gasteiger partial charge in [0, 0.05) is 0 Å². The molecule has 0 aliphatic rings. The summed E-state index contributed by atoms with van der Waals surface area (Å²) in [4.78, 5) is 11.3. The van der Waals surface area contributed by atoms with Crippen LogP contribution in [0.25, 0.3) is 0 Å². The van der Waals surface area contributed by atoms with Gasteiger partial charge in [0.15, 0.2) is 0 Å². The van der Waals surface area contributed by atoms with Crippen molar-refractivity contribution in [3.05, 3.63) is 35.9 Å². The van der Waals surface area contributed by atoms with Crippen molar-refractivity contribution in [3.63, 3.8) is 0 Å². The molecule has 1 amide bonds. The predicted octanol–water partition coefficient (Wildman–Crippen LogP) is 1.19. The molecule has 0 spiro atoms. The SMILES string of the molecule is C[C@H](NC(=O)CC(=N)N)c1ccccc1. The minimum atomic E-state index is -0.223. The van der Waals surface area contributed by atoms with Gasteiger partial charge in [-0.05, 0) is 12.5 Å². The van der Waals surface area contributed by atoms with Crippen LogP contribution in [0.2, 0.25) is 0 Å². The van der Waals surface area contributed by atoms with Crippen molar-refractivity contribution in [3.8, 4) is 0 Å². The van der Waals surface area contributed by atoms with E-state index in [1.54, 1.807) is 0 Å². The van der Waals surface area contributed by atoms with Crippen LogP contribution in [-0.2, 0) is 4.79 Å². The summed E-state index contributed by atoms with van der Waals surface area (Å²) >= 11 is 0. The summed E-state index contributed by atoms with van der Waals surface area (Å²) in [5.41, 5.74) is 6.17. The Kier molecular flexibility index (Phi) is 3.85. The van der Waals surface area contributed by atoms with E-state index in [2.05, 4.69) is 5.32 Å². The van der Waals surface area contributed by atoms with Gasteiger partial charge in [0.2, 0.25) is 5.91 Å². The molecule has 1 aromatic rings. The first kappa shape index (κ1) is 11.2. The quantitative estimate of drug-likeness (QED) is 0.510. The molecule has 0 saturated carbocycles. The van der Waals surface area contributed by atoms with E-state index in [4.69, 9.17) is 11.1 Å². The maximum Gasteiger partial charge on any atom is 0.228 e. The van der Waals surface area contributed by atoms with Gasteiger partial charge in [-0.2, -0.15) is 0 Å². The van der Waals surface area contributed by atoms with Crippen LogP contribution in [0.3, 0.4) is 0 Å². The summed E-state index contributed by atoms with van der Waals surface area (Å²) in [6, 6.07) is 9.59. The molecule has 80 valence electrons. The van der Waals surface area contributed by atoms with E-state index < -0.39 is 0 Å². The molecule has 0 heterocycles. The maximum atomic E-state index is 11.3. The molecule has 0 radical (unpaired) electrons. The monoisotopic (exact) mass is 205 g/mol. The van der Waals surface area contributed by atoms with Gasteiger partial charge in [0.1, 0.15) is 0 Å². The van der Waals surface area contributed by atoms with Crippen LogP contribution in [0.5, 0.6) is 0 Å². The minimum absolute atomic E-state index is 0.0445. The Morgan fingerprint density at radius 1 is 1.47 bits per heavy atom. The van der Waals surface area contributed by atoms with E-state index in [1.807, 2.05) is 37.3 Å². The summed E-state index contributed by atoms with van der Waals surface area (Å²) in [6.07, 6.45) is -0.0445. The third-order valence-electron chi connectivity index (χ3n) is 2.03. The Hall–Kier alpha value is -1.84. The van der Waals surface area contributed by atoms with E-state index >= 15 is 0 Å². The van der Waals surface area contributed by atoms with E-state index in [9.17, 15) is 4.79 Å². The number of amidine groups is 1. The molecule has 0 bridgehead atoms. The van der Waals surface area contributed by atoms with Crippen LogP contribution in [-0.4, -0.2) is 11.7 Å². The van der Waals surface area contributed by atoms with Crippen molar-refractivity contribution in [2.45, 2.75) is 19.4 Å². The number of rotatable bonds is 4. The Morgan fingerprint density at radius 3 is 2.60 bits per heavy atom. The van der Waals surface area contributed by atoms with Crippen LogP contribution in [0.4, 0.5) is 0 Å². The molecule has 4 nitrogen and oxygen atoms in total. The van der Waals surface area contributed by atoms with Gasteiger partial charge in [-0.25, -0.2) is 0 Å². The molecule has 0 saturated heterocycles. The summed E-state index contributed by atoms with van der Waals surface area (Å²) in [5.74, 6) is -0.341. The largest absolute Gasteiger partial charge is 0.387 e. The lowest BCUT2D eigenvalue weighted by Crippen LogP contribution is -2.30. The van der Waals surface area contributed by atoms with Crippen molar-refractivity contribution in [2.75, 3.05) is 0 Å². The second-order valence-electron chi connectivity index (χ2n) is 3.40. The van der Waals surface area contributed by atoms with Gasteiger partial charge < -0.3 is 11.1 Å². The standard InChI is InChI=1S/C11H15N3O/c1-8(9-5-3-2-4-6-9)14-11(15)7-10(12)13/h2-6,8H,7H2,1H3,(H3,12,13)(H,14,15)/t8-/m0/s1. The van der Waals surface area contributed by atoms with Crippen molar-refractivity contribution < 1.29 is 4.79 Å². The molecule has 4 heteroatoms. The molecule has 4 N–H and O–H groups in total. The number of hydrogen-bond donors (Lipinski definition) is 3. The molecule has 1 rings (SSSR count). The zero-order valence-electron chi connectivity index (χ0n) is 8.66. The predicted molar refractivity (Wildman–Crippen MR) is 59.5 cm³/mol. The zero-order chi connectivity index (χ0) is 11.3. The summed E-state index contributed by atoms with van der Waals surface area (Å²) in [7, 11) is 0. The lowest BCUT2D eigenvalue weighted by molar-refractivity contribution is -0.120. The van der Waals surface area contributed by atoms with Crippen LogP contribution >= 0.6 is 0 Å². The Balaban J connectivity index is 2.53. The minimum Gasteiger partial charge on any atom is -0.387 e. The first-order chi connectivity index (χ1) is 7.09. The second-order valence-corrected chi connectivity index (χ2v) is 3.40. The van der Waals surface area contributed by atoms with Crippen molar-refractivity contribution in [1.29, 1.82) is 5.41 Å². The molecular formula is C11H15N3O. The third-order valence-corrected chi connectivity index (χ3v) is 2.03. The fourth-order valence-corrected chi connectivity index (χ4v) is 1.29. The lowest BCUT2D eigenvalue weighted by atomic mass is 10.1. The number of amides is 1. The fraction of sp³-hybridized carbons (Fsp3) is 0.273. The van der Waals surface area contributed by atoms with E-state index in [-0.39, 0.29) is 24.2 Å². The highest BCUT2D eigenvalue weighted by atomic mass is 16.1. The van der Waals surface area contributed by atoms with Gasteiger partial charge in [0.05, 0.1) is 18.3 Å². The van der Waals surface area contributed by atoms with E-state index in [0.29, 0.717) is 0 Å². The average Bonchev–Trinajstić information content (AvgIpc) is 2.17. The lowest BCUT2D eigenvalue weighted by Gasteiger charge is -2.13. The number of benzene rings is 1. The Bertz CT molecular complexity index is 348. The van der Waals surface area contributed by atoms with Crippen LogP contribution in [0.1, 0.15) is 24.9 Å². The highest BCUT2D eigenvalue weighted by Crippen LogP contribution is 2.10. The second kappa shape index (κ2) is 5.14. The average molecular weight is 205 g/mol. The highest BCUT2D eigenvalue weighted by molar-refractivity contribution is 5.97. The first-order valence-electron chi connectivity index (χ1n) is 4.77. The van der Waals surface area contributed by atoms with Crippen LogP contribution < -0.4 is 11.1 Å². The highest BCUT2D eigenvalue weighted by Gasteiger charge is 2.09. The maximum absolute atomic E-state index is 11.3. The van der Waals surface area contributed by atoms with Crippen LogP contribution in [0, 0.1) is 5.41 Å². The summed E-state index contributed by atoms with van der Waals surface area (Å²) in [5, 5.41) is 9.76. The molecular weight excluding hydrogens is 190 g/mol.